The Morgan fingerprint density at radius 2 is 1.84 bits per heavy atom. The first-order chi connectivity index (χ1) is 14.9. The number of ketones is 1. The summed E-state index contributed by atoms with van der Waals surface area (Å²) in [5, 5.41) is 4.02. The van der Waals surface area contributed by atoms with Gasteiger partial charge in [-0.05, 0) is 31.2 Å². The first-order valence-corrected chi connectivity index (χ1v) is 11.5. The maximum Gasteiger partial charge on any atom is 0.243 e. The van der Waals surface area contributed by atoms with Crippen molar-refractivity contribution in [3.05, 3.63) is 65.2 Å². The van der Waals surface area contributed by atoms with Crippen LogP contribution in [-0.4, -0.2) is 57.3 Å². The van der Waals surface area contributed by atoms with Gasteiger partial charge in [-0.3, -0.25) is 9.79 Å². The third kappa shape index (κ3) is 4.32. The highest BCUT2D eigenvalue weighted by atomic mass is 32.2. The standard InChI is InChI=1S/C22H22N2O6S/c1-14-3-5-16(6-4-14)21(25)19-20(15-7-9-17(28-2)10-8-15)24-30-22(19)31(26,27)13-18-23-11-12-29-18/h3-10,19,22H,11-13H2,1-2H3. The molecule has 2 aliphatic rings. The van der Waals surface area contributed by atoms with Crippen molar-refractivity contribution >= 4 is 27.2 Å². The molecule has 2 aromatic rings. The van der Waals surface area contributed by atoms with Crippen LogP contribution in [0.3, 0.4) is 0 Å². The second-order valence-electron chi connectivity index (χ2n) is 7.32. The number of ether oxygens (including phenoxy) is 2. The highest BCUT2D eigenvalue weighted by Gasteiger charge is 2.48. The average molecular weight is 442 g/mol. The van der Waals surface area contributed by atoms with Crippen LogP contribution < -0.4 is 4.74 Å². The van der Waals surface area contributed by atoms with Crippen LogP contribution >= 0.6 is 0 Å². The number of hydrogen-bond donors (Lipinski definition) is 0. The summed E-state index contributed by atoms with van der Waals surface area (Å²) in [5.41, 5.74) is 0.751. The molecule has 162 valence electrons. The smallest absolute Gasteiger partial charge is 0.243 e. The number of carbonyl (C=O) groups excluding carboxylic acids is 1. The monoisotopic (exact) mass is 442 g/mol. The number of hydrogen-bond acceptors (Lipinski definition) is 8. The SMILES string of the molecule is COc1ccc(C2=NOC(S(=O)(=O)CC3=NCCO3)C2C(=O)c2ccc(C)cc2)cc1. The molecule has 2 heterocycles. The minimum absolute atomic E-state index is 0.128. The van der Waals surface area contributed by atoms with Gasteiger partial charge in [0.05, 0.1) is 13.7 Å². The van der Waals surface area contributed by atoms with E-state index in [1.54, 1.807) is 55.6 Å². The summed E-state index contributed by atoms with van der Waals surface area (Å²) in [4.78, 5) is 22.9. The van der Waals surface area contributed by atoms with E-state index in [4.69, 9.17) is 14.3 Å². The summed E-state index contributed by atoms with van der Waals surface area (Å²) in [6, 6.07) is 13.8. The molecule has 2 aromatic carbocycles. The van der Waals surface area contributed by atoms with E-state index in [1.165, 1.54) is 0 Å². The fourth-order valence-corrected chi connectivity index (χ4v) is 5.01. The van der Waals surface area contributed by atoms with Crippen LogP contribution in [0.2, 0.25) is 0 Å². The zero-order valence-corrected chi connectivity index (χ0v) is 18.0. The number of benzene rings is 2. The summed E-state index contributed by atoms with van der Waals surface area (Å²) in [6.07, 6.45) is 0. The normalized spacial score (nSPS) is 20.5. The Hall–Kier alpha value is -3.20. The zero-order chi connectivity index (χ0) is 22.0. The van der Waals surface area contributed by atoms with Crippen molar-refractivity contribution in [3.8, 4) is 5.75 Å². The third-order valence-electron chi connectivity index (χ3n) is 5.15. The quantitative estimate of drug-likeness (QED) is 0.610. The van der Waals surface area contributed by atoms with Crippen LogP contribution in [0.5, 0.6) is 5.75 Å². The van der Waals surface area contributed by atoms with Crippen LogP contribution in [0.4, 0.5) is 0 Å². The van der Waals surface area contributed by atoms with Crippen LogP contribution in [0.1, 0.15) is 21.5 Å². The molecule has 2 atom stereocenters. The molecule has 0 amide bonds. The number of nitrogens with zero attached hydrogens (tertiary/aromatic N) is 2. The zero-order valence-electron chi connectivity index (χ0n) is 17.1. The van der Waals surface area contributed by atoms with Crippen molar-refractivity contribution in [3.63, 3.8) is 0 Å². The van der Waals surface area contributed by atoms with Gasteiger partial charge >= 0.3 is 0 Å². The van der Waals surface area contributed by atoms with Crippen molar-refractivity contribution in [2.75, 3.05) is 26.0 Å². The Labute approximate surface area is 180 Å². The van der Waals surface area contributed by atoms with Crippen LogP contribution in [0.15, 0.2) is 58.7 Å². The van der Waals surface area contributed by atoms with Gasteiger partial charge in [-0.25, -0.2) is 8.42 Å². The second-order valence-corrected chi connectivity index (χ2v) is 9.40. The van der Waals surface area contributed by atoms with Gasteiger partial charge in [0.2, 0.25) is 15.3 Å². The molecule has 0 spiro atoms. The van der Waals surface area contributed by atoms with E-state index in [-0.39, 0.29) is 17.4 Å². The highest BCUT2D eigenvalue weighted by Crippen LogP contribution is 2.31. The molecule has 0 saturated heterocycles. The largest absolute Gasteiger partial charge is 0.497 e. The lowest BCUT2D eigenvalue weighted by molar-refractivity contribution is 0.0815. The van der Waals surface area contributed by atoms with Crippen LogP contribution in [-0.2, 0) is 19.4 Å². The predicted octanol–water partition coefficient (Wildman–Crippen LogP) is 2.41. The Morgan fingerprint density at radius 3 is 2.45 bits per heavy atom. The Morgan fingerprint density at radius 1 is 1.13 bits per heavy atom. The summed E-state index contributed by atoms with van der Waals surface area (Å²) in [6.45, 7) is 2.66. The van der Waals surface area contributed by atoms with Gasteiger partial charge in [-0.15, -0.1) is 0 Å². The van der Waals surface area contributed by atoms with E-state index >= 15 is 0 Å². The number of aryl methyl sites for hydroxylation is 1. The predicted molar refractivity (Wildman–Crippen MR) is 115 cm³/mol. The number of methoxy groups -OCH3 is 1. The van der Waals surface area contributed by atoms with E-state index < -0.39 is 26.9 Å². The molecule has 0 fully saturated rings. The van der Waals surface area contributed by atoms with Crippen LogP contribution in [0, 0.1) is 12.8 Å². The minimum atomic E-state index is -3.95. The summed E-state index contributed by atoms with van der Waals surface area (Å²) < 4.78 is 36.7. The molecule has 0 aliphatic carbocycles. The molecule has 9 heteroatoms. The van der Waals surface area contributed by atoms with Crippen LogP contribution in [0.25, 0.3) is 0 Å². The second kappa shape index (κ2) is 8.50. The topological polar surface area (TPSA) is 104 Å². The number of carbonyl (C=O) groups is 1. The number of Topliss-reactive ketones (excluding diaryl/α,β-unsaturated/α-hetero) is 1. The Balaban J connectivity index is 1.71. The van der Waals surface area contributed by atoms with E-state index in [0.717, 1.165) is 5.56 Å². The van der Waals surface area contributed by atoms with E-state index in [2.05, 4.69) is 10.1 Å². The van der Waals surface area contributed by atoms with E-state index in [0.29, 0.717) is 30.0 Å². The lowest BCUT2D eigenvalue weighted by Gasteiger charge is -2.18. The molecule has 0 saturated carbocycles. The van der Waals surface area contributed by atoms with Gasteiger partial charge in [0.1, 0.15) is 29.7 Å². The molecule has 0 aromatic heterocycles. The maximum absolute atomic E-state index is 13.4. The molecule has 4 rings (SSSR count). The lowest BCUT2D eigenvalue weighted by Crippen LogP contribution is -2.39. The average Bonchev–Trinajstić information content (AvgIpc) is 3.44. The summed E-state index contributed by atoms with van der Waals surface area (Å²) in [7, 11) is -2.40. The number of sulfone groups is 1. The molecule has 8 nitrogen and oxygen atoms in total. The van der Waals surface area contributed by atoms with Crippen molar-refractivity contribution < 1.29 is 27.5 Å². The van der Waals surface area contributed by atoms with Gasteiger partial charge in [0.15, 0.2) is 11.7 Å². The highest BCUT2D eigenvalue weighted by molar-refractivity contribution is 7.92. The van der Waals surface area contributed by atoms with Crippen molar-refractivity contribution in [2.24, 2.45) is 16.1 Å². The van der Waals surface area contributed by atoms with Crippen molar-refractivity contribution in [1.82, 2.24) is 0 Å². The molecule has 0 bridgehead atoms. The summed E-state index contributed by atoms with van der Waals surface area (Å²) >= 11 is 0. The fraction of sp³-hybridized carbons (Fsp3) is 0.318. The summed E-state index contributed by atoms with van der Waals surface area (Å²) in [5.74, 6) is -1.19. The first-order valence-electron chi connectivity index (χ1n) is 9.76. The van der Waals surface area contributed by atoms with Gasteiger partial charge in [-0.1, -0.05) is 35.0 Å². The first kappa shape index (κ1) is 21.0. The number of aliphatic imine (C=N–C) groups is 1. The van der Waals surface area contributed by atoms with Crippen molar-refractivity contribution in [1.29, 1.82) is 0 Å². The number of oxime groups is 1. The molecular formula is C22H22N2O6S. The Kier molecular flexibility index (Phi) is 5.77. The van der Waals surface area contributed by atoms with Gasteiger partial charge in [0.25, 0.3) is 0 Å². The van der Waals surface area contributed by atoms with E-state index in [9.17, 15) is 13.2 Å². The Bertz CT molecular complexity index is 1140. The molecule has 0 N–H and O–H groups in total. The molecule has 2 unspecified atom stereocenters. The van der Waals surface area contributed by atoms with E-state index in [1.807, 2.05) is 6.92 Å². The van der Waals surface area contributed by atoms with Gasteiger partial charge < -0.3 is 14.3 Å². The third-order valence-corrected chi connectivity index (χ3v) is 6.87. The molecular weight excluding hydrogens is 420 g/mol. The molecule has 31 heavy (non-hydrogen) atoms. The van der Waals surface area contributed by atoms with Gasteiger partial charge in [0, 0.05) is 11.1 Å². The number of rotatable bonds is 7. The minimum Gasteiger partial charge on any atom is -0.497 e. The molecule has 0 radical (unpaired) electrons. The van der Waals surface area contributed by atoms with Gasteiger partial charge in [-0.2, -0.15) is 0 Å². The van der Waals surface area contributed by atoms with Crippen molar-refractivity contribution in [2.45, 2.75) is 12.4 Å². The maximum atomic E-state index is 13.4. The lowest BCUT2D eigenvalue weighted by atomic mass is 9.90. The molecule has 2 aliphatic heterocycles. The fourth-order valence-electron chi connectivity index (χ4n) is 3.49.